The Hall–Kier alpha value is -3.86. The Morgan fingerprint density at radius 2 is 2.00 bits per heavy atom. The summed E-state index contributed by atoms with van der Waals surface area (Å²) in [7, 11) is 0. The van der Waals surface area contributed by atoms with Crippen molar-refractivity contribution in [3.05, 3.63) is 58.5 Å². The highest BCUT2D eigenvalue weighted by molar-refractivity contribution is 6.31. The Bertz CT molecular complexity index is 1170. The van der Waals surface area contributed by atoms with Crippen LogP contribution in [-0.4, -0.2) is 33.6 Å². The zero-order valence-electron chi connectivity index (χ0n) is 15.9. The van der Waals surface area contributed by atoms with Crippen LogP contribution in [0.5, 0.6) is 11.5 Å². The molecule has 1 aliphatic rings. The largest absolute Gasteiger partial charge is 0.454 e. The van der Waals surface area contributed by atoms with Crippen LogP contribution < -0.4 is 25.8 Å². The summed E-state index contributed by atoms with van der Waals surface area (Å²) in [6.07, 6.45) is 0. The molecular formula is C19H16ClFN6O4. The minimum Gasteiger partial charge on any atom is -0.454 e. The second kappa shape index (κ2) is 8.48. The van der Waals surface area contributed by atoms with E-state index in [0.717, 1.165) is 16.3 Å². The molecule has 0 saturated heterocycles. The molecule has 2 heterocycles. The molecule has 0 fully saturated rings. The predicted octanol–water partition coefficient (Wildman–Crippen LogP) is 1.95. The van der Waals surface area contributed by atoms with Crippen LogP contribution in [-0.2, 0) is 17.9 Å². The number of fused-ring (bicyclic) bond motifs is 1. The van der Waals surface area contributed by atoms with Crippen LogP contribution in [0.4, 0.5) is 15.9 Å². The number of benzene rings is 2. The maximum absolute atomic E-state index is 13.2. The second-order valence-corrected chi connectivity index (χ2v) is 6.94. The SMILES string of the molecule is Nc1c(C(=O)NCc2ccc3c(c2)OCO3)nnn1CC(=O)Nc1ccc(F)c(Cl)c1. The summed E-state index contributed by atoms with van der Waals surface area (Å²) in [6, 6.07) is 9.06. The number of anilines is 2. The van der Waals surface area contributed by atoms with E-state index in [0.29, 0.717) is 17.2 Å². The van der Waals surface area contributed by atoms with Crippen molar-refractivity contribution in [2.45, 2.75) is 13.1 Å². The van der Waals surface area contributed by atoms with E-state index in [1.54, 1.807) is 18.2 Å². The van der Waals surface area contributed by atoms with E-state index in [9.17, 15) is 14.0 Å². The van der Waals surface area contributed by atoms with Gasteiger partial charge in [-0.2, -0.15) is 0 Å². The topological polar surface area (TPSA) is 133 Å². The van der Waals surface area contributed by atoms with Gasteiger partial charge in [-0.1, -0.05) is 22.9 Å². The van der Waals surface area contributed by atoms with E-state index >= 15 is 0 Å². The van der Waals surface area contributed by atoms with Gasteiger partial charge in [0.15, 0.2) is 23.0 Å². The summed E-state index contributed by atoms with van der Waals surface area (Å²) in [5.41, 5.74) is 6.90. The van der Waals surface area contributed by atoms with Gasteiger partial charge in [-0.15, -0.1) is 5.10 Å². The highest BCUT2D eigenvalue weighted by Crippen LogP contribution is 2.32. The van der Waals surface area contributed by atoms with E-state index in [-0.39, 0.29) is 36.4 Å². The average molecular weight is 447 g/mol. The number of nitrogens with one attached hydrogen (secondary N) is 2. The van der Waals surface area contributed by atoms with Crippen LogP contribution in [0.1, 0.15) is 16.1 Å². The standard InChI is InChI=1S/C19H16ClFN6O4/c20-12-6-11(2-3-13(12)21)24-16(28)8-27-18(22)17(25-26-27)19(29)23-7-10-1-4-14-15(5-10)31-9-30-14/h1-6H,7-9,22H2,(H,23,29)(H,24,28). The summed E-state index contributed by atoms with van der Waals surface area (Å²) in [6.45, 7) is 0.0589. The van der Waals surface area contributed by atoms with E-state index in [1.807, 2.05) is 0 Å². The molecule has 4 rings (SSSR count). The van der Waals surface area contributed by atoms with Crippen LogP contribution in [0.2, 0.25) is 5.02 Å². The molecule has 0 aliphatic carbocycles. The van der Waals surface area contributed by atoms with Gasteiger partial charge in [0, 0.05) is 12.2 Å². The maximum atomic E-state index is 13.2. The molecule has 0 spiro atoms. The van der Waals surface area contributed by atoms with Crippen LogP contribution >= 0.6 is 11.6 Å². The number of nitrogens with zero attached hydrogens (tertiary/aromatic N) is 3. The first-order valence-electron chi connectivity index (χ1n) is 9.01. The fourth-order valence-electron chi connectivity index (χ4n) is 2.83. The smallest absolute Gasteiger partial charge is 0.275 e. The summed E-state index contributed by atoms with van der Waals surface area (Å²) in [5, 5.41) is 12.6. The molecule has 3 aromatic rings. The number of nitrogens with two attached hydrogens (primary N) is 1. The Morgan fingerprint density at radius 3 is 2.81 bits per heavy atom. The highest BCUT2D eigenvalue weighted by atomic mass is 35.5. The quantitative estimate of drug-likeness (QED) is 0.527. The van der Waals surface area contributed by atoms with Crippen LogP contribution in [0, 0.1) is 5.82 Å². The molecule has 0 bridgehead atoms. The molecule has 1 aromatic heterocycles. The van der Waals surface area contributed by atoms with E-state index in [4.69, 9.17) is 26.8 Å². The van der Waals surface area contributed by atoms with Crippen LogP contribution in [0.15, 0.2) is 36.4 Å². The lowest BCUT2D eigenvalue weighted by Gasteiger charge is -2.07. The number of carbonyl (C=O) groups is 2. The zero-order valence-corrected chi connectivity index (χ0v) is 16.6. The number of ether oxygens (including phenoxy) is 2. The van der Waals surface area contributed by atoms with Gasteiger partial charge in [0.2, 0.25) is 12.7 Å². The lowest BCUT2D eigenvalue weighted by atomic mass is 10.2. The first-order valence-corrected chi connectivity index (χ1v) is 9.39. The third-order valence-electron chi connectivity index (χ3n) is 4.38. The monoisotopic (exact) mass is 446 g/mol. The molecule has 12 heteroatoms. The number of rotatable bonds is 6. The second-order valence-electron chi connectivity index (χ2n) is 6.53. The third kappa shape index (κ3) is 4.51. The van der Waals surface area contributed by atoms with Crippen LogP contribution in [0.3, 0.4) is 0 Å². The van der Waals surface area contributed by atoms with Crippen molar-refractivity contribution in [2.24, 2.45) is 0 Å². The normalized spacial score (nSPS) is 11.9. The van der Waals surface area contributed by atoms with Gasteiger partial charge >= 0.3 is 0 Å². The lowest BCUT2D eigenvalue weighted by Crippen LogP contribution is -2.25. The highest BCUT2D eigenvalue weighted by Gasteiger charge is 2.20. The minimum atomic E-state index is -0.600. The van der Waals surface area contributed by atoms with Gasteiger partial charge in [0.1, 0.15) is 12.4 Å². The molecule has 1 aliphatic heterocycles. The maximum Gasteiger partial charge on any atom is 0.275 e. The van der Waals surface area contributed by atoms with Gasteiger partial charge in [-0.3, -0.25) is 9.59 Å². The Balaban J connectivity index is 1.36. The summed E-state index contributed by atoms with van der Waals surface area (Å²) in [4.78, 5) is 24.6. The summed E-state index contributed by atoms with van der Waals surface area (Å²) in [5.74, 6) is -0.486. The number of nitrogen functional groups attached to an aromatic ring is 1. The molecule has 2 amide bonds. The van der Waals surface area contributed by atoms with Crippen LogP contribution in [0.25, 0.3) is 0 Å². The summed E-state index contributed by atoms with van der Waals surface area (Å²) < 4.78 is 24.8. The number of aromatic nitrogens is 3. The molecule has 4 N–H and O–H groups in total. The molecular weight excluding hydrogens is 431 g/mol. The van der Waals surface area contributed by atoms with Crippen molar-refractivity contribution in [3.63, 3.8) is 0 Å². The van der Waals surface area contributed by atoms with Crippen molar-refractivity contribution in [1.29, 1.82) is 0 Å². The Morgan fingerprint density at radius 1 is 1.19 bits per heavy atom. The molecule has 0 unspecified atom stereocenters. The molecule has 2 aromatic carbocycles. The number of hydrogen-bond acceptors (Lipinski definition) is 7. The minimum absolute atomic E-state index is 0.0736. The Kier molecular flexibility index (Phi) is 5.58. The molecule has 0 radical (unpaired) electrons. The fraction of sp³-hybridized carbons (Fsp3) is 0.158. The number of halogens is 2. The van der Waals surface area contributed by atoms with Crippen molar-refractivity contribution >= 4 is 34.9 Å². The fourth-order valence-corrected chi connectivity index (χ4v) is 3.01. The zero-order chi connectivity index (χ0) is 22.0. The summed E-state index contributed by atoms with van der Waals surface area (Å²) >= 11 is 5.69. The number of hydrogen-bond donors (Lipinski definition) is 3. The lowest BCUT2D eigenvalue weighted by molar-refractivity contribution is -0.116. The number of carbonyl (C=O) groups excluding carboxylic acids is 2. The number of amides is 2. The Labute approximate surface area is 180 Å². The first kappa shape index (κ1) is 20.4. The van der Waals surface area contributed by atoms with Crippen molar-refractivity contribution in [1.82, 2.24) is 20.3 Å². The van der Waals surface area contributed by atoms with Gasteiger partial charge in [-0.05, 0) is 35.9 Å². The van der Waals surface area contributed by atoms with Gasteiger partial charge in [-0.25, -0.2) is 9.07 Å². The van der Waals surface area contributed by atoms with Crippen molar-refractivity contribution in [2.75, 3.05) is 17.8 Å². The van der Waals surface area contributed by atoms with E-state index < -0.39 is 17.6 Å². The van der Waals surface area contributed by atoms with Crippen molar-refractivity contribution in [3.8, 4) is 11.5 Å². The van der Waals surface area contributed by atoms with Crippen molar-refractivity contribution < 1.29 is 23.5 Å². The van der Waals surface area contributed by atoms with E-state index in [1.165, 1.54) is 12.1 Å². The molecule has 0 saturated carbocycles. The molecule has 31 heavy (non-hydrogen) atoms. The first-order chi connectivity index (χ1) is 14.9. The molecule has 0 atom stereocenters. The van der Waals surface area contributed by atoms with E-state index in [2.05, 4.69) is 20.9 Å². The van der Waals surface area contributed by atoms with Gasteiger partial charge < -0.3 is 25.8 Å². The molecule has 160 valence electrons. The molecule has 10 nitrogen and oxygen atoms in total. The third-order valence-corrected chi connectivity index (χ3v) is 4.66. The van der Waals surface area contributed by atoms with Gasteiger partial charge in [0.25, 0.3) is 5.91 Å². The average Bonchev–Trinajstić information content (AvgIpc) is 3.35. The predicted molar refractivity (Wildman–Crippen MR) is 108 cm³/mol. The van der Waals surface area contributed by atoms with Gasteiger partial charge in [0.05, 0.1) is 5.02 Å².